The van der Waals surface area contributed by atoms with Gasteiger partial charge in [-0.2, -0.15) is 0 Å². The average Bonchev–Trinajstić information content (AvgIpc) is 2.62. The molecule has 1 aromatic heterocycles. The van der Waals surface area contributed by atoms with Crippen molar-refractivity contribution in [1.29, 1.82) is 0 Å². The number of carbonyl (C=O) groups excluding carboxylic acids is 1. The Hall–Kier alpha value is -3.00. The van der Waals surface area contributed by atoms with E-state index in [1.807, 2.05) is 0 Å². The van der Waals surface area contributed by atoms with Gasteiger partial charge in [0, 0.05) is 6.07 Å². The zero-order valence-corrected chi connectivity index (χ0v) is 14.4. The first-order valence-corrected chi connectivity index (χ1v) is 7.90. The lowest BCUT2D eigenvalue weighted by Crippen LogP contribution is -2.15. The number of aliphatic hydroxyl groups is 1. The number of aromatic hydroxyl groups is 2. The third-order valence-corrected chi connectivity index (χ3v) is 3.75. The molecule has 0 saturated carbocycles. The van der Waals surface area contributed by atoms with Gasteiger partial charge in [0.1, 0.15) is 12.4 Å². The first-order chi connectivity index (χ1) is 12.4. The van der Waals surface area contributed by atoms with Gasteiger partial charge < -0.3 is 29.2 Å². The summed E-state index contributed by atoms with van der Waals surface area (Å²) in [4.78, 5) is 23.9. The van der Waals surface area contributed by atoms with Crippen LogP contribution in [0.2, 0.25) is 0 Å². The number of phenols is 1. The maximum absolute atomic E-state index is 12.0. The molecule has 0 aliphatic carbocycles. The van der Waals surface area contributed by atoms with Crippen LogP contribution in [0.1, 0.15) is 36.3 Å². The predicted molar refractivity (Wildman–Crippen MR) is 90.3 cm³/mol. The lowest BCUT2D eigenvalue weighted by molar-refractivity contribution is -0.143. The van der Waals surface area contributed by atoms with Gasteiger partial charge >= 0.3 is 5.97 Å². The molecule has 1 unspecified atom stereocenters. The number of hydrogen-bond acceptors (Lipinski definition) is 8. The molecule has 1 aromatic carbocycles. The molecule has 0 amide bonds. The van der Waals surface area contributed by atoms with Gasteiger partial charge in [-0.15, -0.1) is 0 Å². The Morgan fingerprint density at radius 1 is 1.27 bits per heavy atom. The van der Waals surface area contributed by atoms with E-state index in [0.717, 1.165) is 6.07 Å². The van der Waals surface area contributed by atoms with E-state index in [0.29, 0.717) is 5.56 Å². The van der Waals surface area contributed by atoms with Crippen molar-refractivity contribution in [3.8, 4) is 17.2 Å². The highest BCUT2D eigenvalue weighted by atomic mass is 16.5. The molecule has 8 heteroatoms. The molecule has 8 nitrogen and oxygen atoms in total. The lowest BCUT2D eigenvalue weighted by Gasteiger charge is -2.18. The number of methoxy groups -OCH3 is 1. The third kappa shape index (κ3) is 4.15. The van der Waals surface area contributed by atoms with Crippen molar-refractivity contribution >= 4 is 5.97 Å². The van der Waals surface area contributed by atoms with E-state index in [2.05, 4.69) is 0 Å². The van der Waals surface area contributed by atoms with Crippen molar-refractivity contribution in [2.24, 2.45) is 0 Å². The van der Waals surface area contributed by atoms with Crippen LogP contribution in [0.25, 0.3) is 0 Å². The molecule has 26 heavy (non-hydrogen) atoms. The van der Waals surface area contributed by atoms with E-state index in [1.165, 1.54) is 19.2 Å². The average molecular weight is 364 g/mol. The first kappa shape index (κ1) is 19.3. The molecule has 0 fully saturated rings. The van der Waals surface area contributed by atoms with E-state index in [-0.39, 0.29) is 36.0 Å². The summed E-state index contributed by atoms with van der Waals surface area (Å²) in [6, 6.07) is 5.35. The minimum absolute atomic E-state index is 0.0607. The summed E-state index contributed by atoms with van der Waals surface area (Å²) in [5.41, 5.74) is -0.355. The molecule has 1 atom stereocenters. The number of rotatable bonds is 7. The highest BCUT2D eigenvalue weighted by Gasteiger charge is 2.27. The fourth-order valence-electron chi connectivity index (χ4n) is 2.54. The number of phenolic OH excluding ortho intramolecular Hbond substituents is 1. The summed E-state index contributed by atoms with van der Waals surface area (Å²) in [7, 11) is 1.39. The molecule has 0 aliphatic heterocycles. The zero-order valence-electron chi connectivity index (χ0n) is 14.4. The van der Waals surface area contributed by atoms with Crippen LogP contribution in [-0.4, -0.2) is 35.0 Å². The van der Waals surface area contributed by atoms with Crippen LogP contribution in [-0.2, 0) is 16.1 Å². The van der Waals surface area contributed by atoms with Crippen LogP contribution < -0.4 is 10.2 Å². The standard InChI is InChI=1S/C18H20O8/c1-3-25-16(22)8-12(10-4-5-15(24-2)13(20)6-10)18-17(23)14(21)7-11(9-19)26-18/h4-7,12,19-20,23H,3,8-9H2,1-2H3. The van der Waals surface area contributed by atoms with Crippen molar-refractivity contribution in [2.75, 3.05) is 13.7 Å². The maximum atomic E-state index is 12.0. The van der Waals surface area contributed by atoms with E-state index >= 15 is 0 Å². The van der Waals surface area contributed by atoms with Crippen LogP contribution in [0.4, 0.5) is 0 Å². The smallest absolute Gasteiger partial charge is 0.306 e. The second-order valence-electron chi connectivity index (χ2n) is 5.44. The minimum Gasteiger partial charge on any atom is -0.504 e. The monoisotopic (exact) mass is 364 g/mol. The van der Waals surface area contributed by atoms with Crippen molar-refractivity contribution < 1.29 is 34.0 Å². The number of benzene rings is 1. The molecule has 2 aromatic rings. The fraction of sp³-hybridized carbons (Fsp3) is 0.333. The summed E-state index contributed by atoms with van der Waals surface area (Å²) in [5, 5.41) is 29.4. The first-order valence-electron chi connectivity index (χ1n) is 7.90. The third-order valence-electron chi connectivity index (χ3n) is 3.75. The van der Waals surface area contributed by atoms with Crippen LogP contribution in [0, 0.1) is 0 Å². The molecule has 0 saturated heterocycles. The van der Waals surface area contributed by atoms with Crippen LogP contribution in [0.5, 0.6) is 17.2 Å². The molecule has 0 aliphatic rings. The van der Waals surface area contributed by atoms with E-state index in [9.17, 15) is 24.9 Å². The summed E-state index contributed by atoms with van der Waals surface area (Å²) in [6.45, 7) is 1.25. The van der Waals surface area contributed by atoms with Crippen molar-refractivity contribution in [1.82, 2.24) is 0 Å². The summed E-state index contributed by atoms with van der Waals surface area (Å²) in [5.74, 6) is -2.38. The summed E-state index contributed by atoms with van der Waals surface area (Å²) >= 11 is 0. The number of aliphatic hydroxyl groups excluding tert-OH is 1. The Kier molecular flexibility index (Phi) is 6.24. The Balaban J connectivity index is 2.58. The molecule has 1 heterocycles. The highest BCUT2D eigenvalue weighted by Crippen LogP contribution is 2.37. The quantitative estimate of drug-likeness (QED) is 0.633. The zero-order chi connectivity index (χ0) is 19.3. The highest BCUT2D eigenvalue weighted by molar-refractivity contribution is 5.71. The maximum Gasteiger partial charge on any atom is 0.306 e. The van der Waals surface area contributed by atoms with Gasteiger partial charge in [-0.25, -0.2) is 0 Å². The number of esters is 1. The SMILES string of the molecule is CCOC(=O)CC(c1ccc(OC)c(O)c1)c1oc(CO)cc(=O)c1O. The van der Waals surface area contributed by atoms with Gasteiger partial charge in [-0.05, 0) is 24.6 Å². The van der Waals surface area contributed by atoms with Gasteiger partial charge in [-0.3, -0.25) is 9.59 Å². The molecule has 0 radical (unpaired) electrons. The fourth-order valence-corrected chi connectivity index (χ4v) is 2.54. The molecule has 3 N–H and O–H groups in total. The number of carbonyl (C=O) groups is 1. The molecule has 0 spiro atoms. The van der Waals surface area contributed by atoms with E-state index in [4.69, 9.17) is 13.9 Å². The number of ether oxygens (including phenoxy) is 2. The largest absolute Gasteiger partial charge is 0.504 e. The van der Waals surface area contributed by atoms with Gasteiger partial charge in [-0.1, -0.05) is 6.07 Å². The summed E-state index contributed by atoms with van der Waals surface area (Å²) < 4.78 is 15.3. The molecular formula is C18H20O8. The van der Waals surface area contributed by atoms with Gasteiger partial charge in [0.15, 0.2) is 17.3 Å². The molecule has 0 bridgehead atoms. The molecule has 2 rings (SSSR count). The molecular weight excluding hydrogens is 344 g/mol. The van der Waals surface area contributed by atoms with Crippen LogP contribution in [0.3, 0.4) is 0 Å². The van der Waals surface area contributed by atoms with E-state index in [1.54, 1.807) is 13.0 Å². The minimum atomic E-state index is -0.912. The van der Waals surface area contributed by atoms with Crippen molar-refractivity contribution in [3.05, 3.63) is 51.6 Å². The van der Waals surface area contributed by atoms with Crippen LogP contribution >= 0.6 is 0 Å². The van der Waals surface area contributed by atoms with Crippen molar-refractivity contribution in [2.45, 2.75) is 25.9 Å². The second-order valence-corrected chi connectivity index (χ2v) is 5.44. The van der Waals surface area contributed by atoms with Gasteiger partial charge in [0.05, 0.1) is 26.1 Å². The predicted octanol–water partition coefficient (Wildman–Crippen LogP) is 1.64. The van der Waals surface area contributed by atoms with Crippen LogP contribution in [0.15, 0.2) is 33.5 Å². The molecule has 140 valence electrons. The lowest BCUT2D eigenvalue weighted by atomic mass is 9.92. The number of hydrogen-bond donors (Lipinski definition) is 3. The topological polar surface area (TPSA) is 126 Å². The van der Waals surface area contributed by atoms with Crippen molar-refractivity contribution in [3.63, 3.8) is 0 Å². The Bertz CT molecular complexity index is 840. The normalized spacial score (nSPS) is 11.8. The Morgan fingerprint density at radius 2 is 2.00 bits per heavy atom. The van der Waals surface area contributed by atoms with Gasteiger partial charge in [0.25, 0.3) is 0 Å². The Morgan fingerprint density at radius 3 is 2.58 bits per heavy atom. The Labute approximate surface area is 149 Å². The van der Waals surface area contributed by atoms with Gasteiger partial charge in [0.2, 0.25) is 11.2 Å². The second kappa shape index (κ2) is 8.39. The summed E-state index contributed by atoms with van der Waals surface area (Å²) in [6.07, 6.45) is -0.245. The van der Waals surface area contributed by atoms with E-state index < -0.39 is 29.7 Å².